The lowest BCUT2D eigenvalue weighted by Gasteiger charge is -2.30. The van der Waals surface area contributed by atoms with Crippen LogP contribution in [-0.4, -0.2) is 30.2 Å². The maximum atomic E-state index is 12.4. The SMILES string of the molecule is O=C(Nc1ccccc1N1CCCCC1)C1CCCC1O. The van der Waals surface area contributed by atoms with E-state index in [9.17, 15) is 9.90 Å². The van der Waals surface area contributed by atoms with E-state index in [1.54, 1.807) is 0 Å². The standard InChI is InChI=1S/C17H24N2O2/c20-16-10-6-7-13(16)17(21)18-14-8-2-3-9-15(14)19-11-4-1-5-12-19/h2-3,8-9,13,16,20H,1,4-7,10-12H2,(H,18,21). The van der Waals surface area contributed by atoms with E-state index in [0.717, 1.165) is 43.7 Å². The van der Waals surface area contributed by atoms with E-state index < -0.39 is 6.10 Å². The molecule has 1 heterocycles. The van der Waals surface area contributed by atoms with Gasteiger partial charge >= 0.3 is 0 Å². The van der Waals surface area contributed by atoms with Gasteiger partial charge in [-0.2, -0.15) is 0 Å². The van der Waals surface area contributed by atoms with Gasteiger partial charge in [0.1, 0.15) is 0 Å². The minimum Gasteiger partial charge on any atom is -0.392 e. The summed E-state index contributed by atoms with van der Waals surface area (Å²) < 4.78 is 0. The molecule has 4 nitrogen and oxygen atoms in total. The first-order chi connectivity index (χ1) is 10.3. The van der Waals surface area contributed by atoms with Crippen LogP contribution in [0, 0.1) is 5.92 Å². The normalized spacial score (nSPS) is 25.9. The first kappa shape index (κ1) is 14.4. The molecule has 1 saturated carbocycles. The molecule has 0 radical (unpaired) electrons. The Morgan fingerprint density at radius 3 is 2.57 bits per heavy atom. The van der Waals surface area contributed by atoms with Crippen molar-refractivity contribution in [1.29, 1.82) is 0 Å². The molecule has 1 aromatic rings. The van der Waals surface area contributed by atoms with Crippen molar-refractivity contribution >= 4 is 17.3 Å². The van der Waals surface area contributed by atoms with E-state index in [4.69, 9.17) is 0 Å². The molecule has 1 aromatic carbocycles. The van der Waals surface area contributed by atoms with E-state index in [-0.39, 0.29) is 11.8 Å². The second-order valence-electron chi connectivity index (χ2n) is 6.16. The molecule has 4 heteroatoms. The minimum atomic E-state index is -0.479. The van der Waals surface area contributed by atoms with Crippen LogP contribution in [0.5, 0.6) is 0 Å². The topological polar surface area (TPSA) is 52.6 Å². The highest BCUT2D eigenvalue weighted by molar-refractivity contribution is 5.96. The molecule has 0 bridgehead atoms. The van der Waals surface area contributed by atoms with Crippen molar-refractivity contribution in [2.75, 3.05) is 23.3 Å². The summed E-state index contributed by atoms with van der Waals surface area (Å²) in [7, 11) is 0. The second kappa shape index (κ2) is 6.48. The van der Waals surface area contributed by atoms with Crippen molar-refractivity contribution in [1.82, 2.24) is 0 Å². The van der Waals surface area contributed by atoms with Gasteiger partial charge in [0.2, 0.25) is 5.91 Å². The van der Waals surface area contributed by atoms with Gasteiger partial charge < -0.3 is 15.3 Å². The Bertz CT molecular complexity index is 497. The highest BCUT2D eigenvalue weighted by Crippen LogP contribution is 2.31. The van der Waals surface area contributed by atoms with Crippen molar-refractivity contribution in [2.24, 2.45) is 5.92 Å². The molecule has 0 aromatic heterocycles. The van der Waals surface area contributed by atoms with Crippen LogP contribution < -0.4 is 10.2 Å². The van der Waals surface area contributed by atoms with Crippen molar-refractivity contribution in [3.05, 3.63) is 24.3 Å². The molecule has 2 atom stereocenters. The van der Waals surface area contributed by atoms with Gasteiger partial charge in [0.05, 0.1) is 23.4 Å². The number of amides is 1. The number of anilines is 2. The molecular weight excluding hydrogens is 264 g/mol. The highest BCUT2D eigenvalue weighted by atomic mass is 16.3. The quantitative estimate of drug-likeness (QED) is 0.899. The number of nitrogens with zero attached hydrogens (tertiary/aromatic N) is 1. The number of aliphatic hydroxyl groups excluding tert-OH is 1. The number of hydrogen-bond acceptors (Lipinski definition) is 3. The van der Waals surface area contributed by atoms with Crippen molar-refractivity contribution < 1.29 is 9.90 Å². The smallest absolute Gasteiger partial charge is 0.230 e. The van der Waals surface area contributed by atoms with Crippen molar-refractivity contribution in [3.63, 3.8) is 0 Å². The number of rotatable bonds is 3. The summed E-state index contributed by atoms with van der Waals surface area (Å²) in [5.41, 5.74) is 1.99. The molecule has 1 aliphatic heterocycles. The Kier molecular flexibility index (Phi) is 4.44. The summed E-state index contributed by atoms with van der Waals surface area (Å²) >= 11 is 0. The number of piperidine rings is 1. The summed E-state index contributed by atoms with van der Waals surface area (Å²) in [6.45, 7) is 2.11. The molecule has 1 amide bonds. The number of aliphatic hydroxyl groups is 1. The van der Waals surface area contributed by atoms with E-state index in [2.05, 4.69) is 16.3 Å². The Labute approximate surface area is 126 Å². The predicted octanol–water partition coefficient (Wildman–Crippen LogP) is 2.78. The van der Waals surface area contributed by atoms with Gasteiger partial charge in [0.25, 0.3) is 0 Å². The molecule has 2 fully saturated rings. The number of hydrogen-bond donors (Lipinski definition) is 2. The van der Waals surface area contributed by atoms with Gasteiger partial charge in [-0.1, -0.05) is 12.1 Å². The van der Waals surface area contributed by atoms with E-state index >= 15 is 0 Å². The number of carbonyl (C=O) groups is 1. The predicted molar refractivity (Wildman–Crippen MR) is 84.5 cm³/mol. The number of nitrogens with one attached hydrogen (secondary N) is 1. The molecule has 1 aliphatic carbocycles. The van der Waals surface area contributed by atoms with Crippen LogP contribution in [0.1, 0.15) is 38.5 Å². The van der Waals surface area contributed by atoms with Crippen molar-refractivity contribution in [2.45, 2.75) is 44.6 Å². The van der Waals surface area contributed by atoms with Crippen LogP contribution in [0.25, 0.3) is 0 Å². The fourth-order valence-corrected chi connectivity index (χ4v) is 3.46. The highest BCUT2D eigenvalue weighted by Gasteiger charge is 2.31. The summed E-state index contributed by atoms with van der Waals surface area (Å²) in [6, 6.07) is 8.01. The molecule has 3 rings (SSSR count). The molecule has 114 valence electrons. The molecule has 2 N–H and O–H groups in total. The van der Waals surface area contributed by atoms with E-state index in [1.807, 2.05) is 18.2 Å². The van der Waals surface area contributed by atoms with Crippen molar-refractivity contribution in [3.8, 4) is 0 Å². The minimum absolute atomic E-state index is 0.0375. The van der Waals surface area contributed by atoms with E-state index in [1.165, 1.54) is 19.3 Å². The Morgan fingerprint density at radius 1 is 1.10 bits per heavy atom. The van der Waals surface area contributed by atoms with Crippen LogP contribution >= 0.6 is 0 Å². The van der Waals surface area contributed by atoms with Crippen LogP contribution in [0.2, 0.25) is 0 Å². The van der Waals surface area contributed by atoms with Crippen LogP contribution in [0.15, 0.2) is 24.3 Å². The first-order valence-electron chi connectivity index (χ1n) is 8.08. The van der Waals surface area contributed by atoms with Gasteiger partial charge in [0, 0.05) is 13.1 Å². The Morgan fingerprint density at radius 2 is 1.86 bits per heavy atom. The number of para-hydroxylation sites is 2. The maximum absolute atomic E-state index is 12.4. The van der Waals surface area contributed by atoms with Gasteiger partial charge in [-0.25, -0.2) is 0 Å². The zero-order valence-corrected chi connectivity index (χ0v) is 12.4. The monoisotopic (exact) mass is 288 g/mol. The molecule has 2 aliphatic rings. The Balaban J connectivity index is 1.74. The average Bonchev–Trinajstić information content (AvgIpc) is 2.95. The van der Waals surface area contributed by atoms with Crippen LogP contribution in [-0.2, 0) is 4.79 Å². The van der Waals surface area contributed by atoms with Crippen LogP contribution in [0.4, 0.5) is 11.4 Å². The summed E-state index contributed by atoms with van der Waals surface area (Å²) in [6.07, 6.45) is 5.71. The molecule has 1 saturated heterocycles. The first-order valence-corrected chi connectivity index (χ1v) is 8.08. The van der Waals surface area contributed by atoms with Gasteiger partial charge in [-0.3, -0.25) is 4.79 Å². The molecular formula is C17H24N2O2. The van der Waals surface area contributed by atoms with Gasteiger partial charge in [0.15, 0.2) is 0 Å². The second-order valence-corrected chi connectivity index (χ2v) is 6.16. The fourth-order valence-electron chi connectivity index (χ4n) is 3.46. The third kappa shape index (κ3) is 3.21. The largest absolute Gasteiger partial charge is 0.392 e. The lowest BCUT2D eigenvalue weighted by Crippen LogP contribution is -2.32. The average molecular weight is 288 g/mol. The third-order valence-corrected chi connectivity index (χ3v) is 4.67. The molecule has 0 spiro atoms. The maximum Gasteiger partial charge on any atom is 0.230 e. The summed E-state index contributed by atoms with van der Waals surface area (Å²) in [4.78, 5) is 14.7. The summed E-state index contributed by atoms with van der Waals surface area (Å²) in [5, 5.41) is 12.9. The molecule has 21 heavy (non-hydrogen) atoms. The zero-order chi connectivity index (χ0) is 14.7. The number of benzene rings is 1. The number of carbonyl (C=O) groups excluding carboxylic acids is 1. The van der Waals surface area contributed by atoms with E-state index in [0.29, 0.717) is 0 Å². The zero-order valence-electron chi connectivity index (χ0n) is 12.4. The fraction of sp³-hybridized carbons (Fsp3) is 0.588. The lowest BCUT2D eigenvalue weighted by atomic mass is 10.0. The van der Waals surface area contributed by atoms with Crippen LogP contribution in [0.3, 0.4) is 0 Å². The van der Waals surface area contributed by atoms with Gasteiger partial charge in [-0.15, -0.1) is 0 Å². The summed E-state index contributed by atoms with van der Waals surface area (Å²) in [5.74, 6) is -0.288. The molecule has 2 unspecified atom stereocenters. The third-order valence-electron chi connectivity index (χ3n) is 4.67. The Hall–Kier alpha value is -1.55. The lowest BCUT2D eigenvalue weighted by molar-refractivity contribution is -0.122. The van der Waals surface area contributed by atoms with Gasteiger partial charge in [-0.05, 0) is 50.7 Å².